The number of aromatic nitrogens is 2. The number of thiophene rings is 1. The molecule has 0 unspecified atom stereocenters. The number of likely N-dealkylation sites (N-methyl/N-ethyl adjacent to an activating group) is 1. The first-order valence-corrected chi connectivity index (χ1v) is 9.43. The third-order valence-electron chi connectivity index (χ3n) is 4.31. The second-order valence-electron chi connectivity index (χ2n) is 6.02. The number of nitrogens with zero attached hydrogens (tertiary/aromatic N) is 4. The van der Waals surface area contributed by atoms with Crippen LogP contribution < -0.4 is 5.32 Å². The summed E-state index contributed by atoms with van der Waals surface area (Å²) in [4.78, 5) is 12.6. The number of aryl methyl sites for hydroxylation is 1. The van der Waals surface area contributed by atoms with Crippen LogP contribution in [0.25, 0.3) is 11.0 Å². The zero-order chi connectivity index (χ0) is 17.6. The molecule has 0 amide bonds. The third kappa shape index (κ3) is 4.97. The van der Waals surface area contributed by atoms with E-state index in [2.05, 4.69) is 74.4 Å². The predicted molar refractivity (Wildman–Crippen MR) is 122 cm³/mol. The standard InChI is InChI=1S/C19H25N5S.HI/c1-15-22-17-8-4-5-9-18(17)24(15)13-11-21-19(20-2)23(3)12-10-16-7-6-14-25-16;/h4-9,14H,10-13H2,1-3H3,(H,20,21);1H. The Morgan fingerprint density at radius 1 is 1.27 bits per heavy atom. The minimum atomic E-state index is 0. The summed E-state index contributed by atoms with van der Waals surface area (Å²) in [5.41, 5.74) is 2.24. The van der Waals surface area contributed by atoms with Gasteiger partial charge in [-0.2, -0.15) is 0 Å². The van der Waals surface area contributed by atoms with Crippen LogP contribution in [0.2, 0.25) is 0 Å². The fourth-order valence-corrected chi connectivity index (χ4v) is 3.68. The Hall–Kier alpha value is -1.61. The normalized spacial score (nSPS) is 11.4. The first-order chi connectivity index (χ1) is 12.2. The predicted octanol–water partition coefficient (Wildman–Crippen LogP) is 3.77. The lowest BCUT2D eigenvalue weighted by molar-refractivity contribution is 0.483. The molecule has 0 aliphatic carbocycles. The molecule has 3 rings (SSSR count). The van der Waals surface area contributed by atoms with Gasteiger partial charge in [0.1, 0.15) is 5.82 Å². The van der Waals surface area contributed by atoms with Crippen LogP contribution in [0.5, 0.6) is 0 Å². The van der Waals surface area contributed by atoms with Crippen molar-refractivity contribution in [1.29, 1.82) is 0 Å². The molecule has 0 aliphatic heterocycles. The van der Waals surface area contributed by atoms with Gasteiger partial charge in [0.15, 0.2) is 5.96 Å². The Morgan fingerprint density at radius 3 is 2.81 bits per heavy atom. The van der Waals surface area contributed by atoms with Crippen molar-refractivity contribution in [3.63, 3.8) is 0 Å². The van der Waals surface area contributed by atoms with Crippen LogP contribution in [0, 0.1) is 6.92 Å². The van der Waals surface area contributed by atoms with Gasteiger partial charge in [-0.05, 0) is 36.9 Å². The van der Waals surface area contributed by atoms with Crippen LogP contribution in [-0.2, 0) is 13.0 Å². The maximum atomic E-state index is 4.62. The molecule has 0 saturated heterocycles. The highest BCUT2D eigenvalue weighted by Gasteiger charge is 2.08. The summed E-state index contributed by atoms with van der Waals surface area (Å²) in [7, 11) is 3.92. The lowest BCUT2D eigenvalue weighted by atomic mass is 10.3. The van der Waals surface area contributed by atoms with Crippen molar-refractivity contribution in [3.05, 3.63) is 52.5 Å². The maximum absolute atomic E-state index is 4.62. The number of hydrogen-bond acceptors (Lipinski definition) is 3. The molecule has 1 N–H and O–H groups in total. The monoisotopic (exact) mass is 483 g/mol. The number of aliphatic imine (C=N–C) groups is 1. The average molecular weight is 483 g/mol. The van der Waals surface area contributed by atoms with E-state index in [0.717, 1.165) is 43.4 Å². The van der Waals surface area contributed by atoms with Crippen LogP contribution in [0.15, 0.2) is 46.8 Å². The van der Waals surface area contributed by atoms with E-state index >= 15 is 0 Å². The van der Waals surface area contributed by atoms with E-state index in [0.29, 0.717) is 0 Å². The fraction of sp³-hybridized carbons (Fsp3) is 0.368. The molecule has 5 nitrogen and oxygen atoms in total. The second-order valence-corrected chi connectivity index (χ2v) is 7.06. The fourth-order valence-electron chi connectivity index (χ4n) is 2.98. The molecule has 0 saturated carbocycles. The molecule has 0 fully saturated rings. The number of nitrogens with one attached hydrogen (secondary N) is 1. The minimum Gasteiger partial charge on any atom is -0.354 e. The highest BCUT2D eigenvalue weighted by molar-refractivity contribution is 14.0. The summed E-state index contributed by atoms with van der Waals surface area (Å²) in [6.07, 6.45) is 1.04. The van der Waals surface area contributed by atoms with Crippen LogP contribution in [-0.4, -0.2) is 47.6 Å². The molecule has 26 heavy (non-hydrogen) atoms. The number of benzene rings is 1. The van der Waals surface area contributed by atoms with Crippen molar-refractivity contribution >= 4 is 52.3 Å². The van der Waals surface area contributed by atoms with Gasteiger partial charge in [-0.25, -0.2) is 4.98 Å². The number of halogens is 1. The zero-order valence-electron chi connectivity index (χ0n) is 15.5. The maximum Gasteiger partial charge on any atom is 0.193 e. The lowest BCUT2D eigenvalue weighted by Gasteiger charge is -2.22. The molecule has 3 aromatic rings. The minimum absolute atomic E-state index is 0. The van der Waals surface area contributed by atoms with Crippen LogP contribution in [0.1, 0.15) is 10.7 Å². The summed E-state index contributed by atoms with van der Waals surface area (Å²) in [5.74, 6) is 1.97. The van der Waals surface area contributed by atoms with Gasteiger partial charge in [-0.3, -0.25) is 4.99 Å². The van der Waals surface area contributed by atoms with Gasteiger partial charge in [0.25, 0.3) is 0 Å². The van der Waals surface area contributed by atoms with Crippen molar-refractivity contribution in [2.45, 2.75) is 19.9 Å². The van der Waals surface area contributed by atoms with Crippen LogP contribution in [0.3, 0.4) is 0 Å². The summed E-state index contributed by atoms with van der Waals surface area (Å²) in [6.45, 7) is 4.69. The van der Waals surface area contributed by atoms with E-state index in [9.17, 15) is 0 Å². The Labute approximate surface area is 176 Å². The Kier molecular flexibility index (Phi) is 7.89. The number of rotatable bonds is 6. The Balaban J connectivity index is 0.00000243. The van der Waals surface area contributed by atoms with E-state index in [4.69, 9.17) is 0 Å². The van der Waals surface area contributed by atoms with Crippen LogP contribution in [0.4, 0.5) is 0 Å². The molecule has 0 radical (unpaired) electrons. The van der Waals surface area contributed by atoms with E-state index in [1.165, 1.54) is 10.4 Å². The number of para-hydroxylation sites is 2. The number of guanidine groups is 1. The first kappa shape index (κ1) is 20.7. The van der Waals surface area contributed by atoms with Crippen molar-refractivity contribution in [2.75, 3.05) is 27.2 Å². The van der Waals surface area contributed by atoms with Crippen LogP contribution >= 0.6 is 35.3 Å². The topological polar surface area (TPSA) is 45.5 Å². The molecule has 0 aliphatic rings. The van der Waals surface area contributed by atoms with E-state index < -0.39 is 0 Å². The molecule has 2 aromatic heterocycles. The molecular formula is C19H26IN5S. The molecule has 0 spiro atoms. The molecule has 2 heterocycles. The summed E-state index contributed by atoms with van der Waals surface area (Å²) >= 11 is 1.81. The Bertz CT molecular complexity index is 841. The third-order valence-corrected chi connectivity index (χ3v) is 5.25. The van der Waals surface area contributed by atoms with Crippen molar-refractivity contribution in [3.8, 4) is 0 Å². The number of imidazole rings is 1. The van der Waals surface area contributed by atoms with Gasteiger partial charge in [0, 0.05) is 38.6 Å². The van der Waals surface area contributed by atoms with E-state index in [1.807, 2.05) is 13.1 Å². The van der Waals surface area contributed by atoms with Gasteiger partial charge in [0.2, 0.25) is 0 Å². The summed E-state index contributed by atoms with van der Waals surface area (Å²) in [6, 6.07) is 12.6. The molecule has 7 heteroatoms. The highest BCUT2D eigenvalue weighted by Crippen LogP contribution is 2.14. The van der Waals surface area contributed by atoms with Crippen molar-refractivity contribution in [1.82, 2.24) is 19.8 Å². The molecular weight excluding hydrogens is 457 g/mol. The smallest absolute Gasteiger partial charge is 0.193 e. The summed E-state index contributed by atoms with van der Waals surface area (Å²) in [5, 5.41) is 5.59. The Morgan fingerprint density at radius 2 is 2.08 bits per heavy atom. The molecule has 140 valence electrons. The van der Waals surface area contributed by atoms with E-state index in [-0.39, 0.29) is 24.0 Å². The SMILES string of the molecule is CN=C(NCCn1c(C)nc2ccccc21)N(C)CCc1cccs1.I. The van der Waals surface area contributed by atoms with Gasteiger partial charge in [-0.15, -0.1) is 35.3 Å². The average Bonchev–Trinajstić information content (AvgIpc) is 3.24. The molecule has 0 atom stereocenters. The van der Waals surface area contributed by atoms with Gasteiger partial charge in [-0.1, -0.05) is 18.2 Å². The largest absolute Gasteiger partial charge is 0.354 e. The lowest BCUT2D eigenvalue weighted by Crippen LogP contribution is -2.41. The summed E-state index contributed by atoms with van der Waals surface area (Å²) < 4.78 is 2.25. The van der Waals surface area contributed by atoms with Gasteiger partial charge < -0.3 is 14.8 Å². The number of fused-ring (bicyclic) bond motifs is 1. The zero-order valence-corrected chi connectivity index (χ0v) is 18.6. The quantitative estimate of drug-likeness (QED) is 0.330. The first-order valence-electron chi connectivity index (χ1n) is 8.55. The van der Waals surface area contributed by atoms with Gasteiger partial charge in [0.05, 0.1) is 11.0 Å². The highest BCUT2D eigenvalue weighted by atomic mass is 127. The molecule has 0 bridgehead atoms. The van der Waals surface area contributed by atoms with E-state index in [1.54, 1.807) is 11.3 Å². The second kappa shape index (κ2) is 9.91. The number of hydrogen-bond donors (Lipinski definition) is 1. The van der Waals surface area contributed by atoms with Gasteiger partial charge >= 0.3 is 0 Å². The van der Waals surface area contributed by atoms with Crippen molar-refractivity contribution in [2.24, 2.45) is 4.99 Å². The molecule has 1 aromatic carbocycles. The van der Waals surface area contributed by atoms with Crippen molar-refractivity contribution < 1.29 is 0 Å².